The Balaban J connectivity index is 2.24. The van der Waals surface area contributed by atoms with Crippen molar-refractivity contribution in [3.05, 3.63) is 64.1 Å². The monoisotopic (exact) mass is 349 g/mol. The first kappa shape index (κ1) is 15.2. The molecule has 0 aliphatic heterocycles. The van der Waals surface area contributed by atoms with Crippen LogP contribution >= 0.6 is 15.9 Å². The number of carbonyl (C=O) groups is 2. The Morgan fingerprint density at radius 2 is 1.76 bits per heavy atom. The summed E-state index contributed by atoms with van der Waals surface area (Å²) in [5, 5.41) is 21.5. The maximum absolute atomic E-state index is 12.0. The van der Waals surface area contributed by atoms with Crippen LogP contribution in [0, 0.1) is 0 Å². The molecule has 0 aliphatic rings. The van der Waals surface area contributed by atoms with E-state index in [1.807, 2.05) is 0 Å². The lowest BCUT2D eigenvalue weighted by Crippen LogP contribution is -2.22. The molecule has 0 spiro atoms. The molecule has 0 bridgehead atoms. The average molecular weight is 350 g/mol. The summed E-state index contributed by atoms with van der Waals surface area (Å²) in [5.41, 5.74) is 0.505. The Morgan fingerprint density at radius 1 is 1.10 bits per heavy atom. The van der Waals surface area contributed by atoms with Gasteiger partial charge in [-0.2, -0.15) is 0 Å². The zero-order valence-corrected chi connectivity index (χ0v) is 12.4. The van der Waals surface area contributed by atoms with E-state index in [-0.39, 0.29) is 11.3 Å². The second kappa shape index (κ2) is 6.51. The third-order valence-corrected chi connectivity index (χ3v) is 3.33. The quantitative estimate of drug-likeness (QED) is 0.791. The summed E-state index contributed by atoms with van der Waals surface area (Å²) >= 11 is 3.21. The molecule has 0 saturated carbocycles. The fraction of sp³-hybridized carbons (Fsp3) is 0.0667. The minimum absolute atomic E-state index is 0.0492. The minimum atomic E-state index is -1.37. The number of hydrogen-bond acceptors (Lipinski definition) is 3. The topological polar surface area (TPSA) is 86.6 Å². The molecule has 3 N–H and O–H groups in total. The first-order valence-corrected chi connectivity index (χ1v) is 6.85. The largest absolute Gasteiger partial charge is 0.478 e. The Labute approximate surface area is 129 Å². The van der Waals surface area contributed by atoms with E-state index in [4.69, 9.17) is 5.11 Å². The standard InChI is InChI=1S/C15H12BrNO4/c16-10-6-7-11(15(20)21)12(8-10)17-14(19)13(18)9-4-2-1-3-5-9/h1-8,13,18H,(H,17,19)(H,20,21). The Kier molecular flexibility index (Phi) is 4.72. The number of nitrogens with one attached hydrogen (secondary N) is 1. The fourth-order valence-electron chi connectivity index (χ4n) is 1.79. The number of carbonyl (C=O) groups excluding carboxylic acids is 1. The first-order valence-electron chi connectivity index (χ1n) is 6.06. The van der Waals surface area contributed by atoms with Crippen LogP contribution in [0.3, 0.4) is 0 Å². The van der Waals surface area contributed by atoms with Crippen molar-refractivity contribution in [2.75, 3.05) is 5.32 Å². The van der Waals surface area contributed by atoms with Gasteiger partial charge in [0, 0.05) is 4.47 Å². The fourth-order valence-corrected chi connectivity index (χ4v) is 2.16. The van der Waals surface area contributed by atoms with Crippen LogP contribution in [0.5, 0.6) is 0 Å². The first-order chi connectivity index (χ1) is 9.99. The molecule has 21 heavy (non-hydrogen) atoms. The van der Waals surface area contributed by atoms with Gasteiger partial charge in [0.05, 0.1) is 11.3 Å². The van der Waals surface area contributed by atoms with E-state index in [0.29, 0.717) is 10.0 Å². The lowest BCUT2D eigenvalue weighted by Gasteiger charge is -2.13. The lowest BCUT2D eigenvalue weighted by molar-refractivity contribution is -0.124. The van der Waals surface area contributed by atoms with Gasteiger partial charge in [-0.1, -0.05) is 46.3 Å². The molecule has 108 valence electrons. The van der Waals surface area contributed by atoms with Gasteiger partial charge >= 0.3 is 5.97 Å². The summed E-state index contributed by atoms with van der Waals surface area (Å²) in [7, 11) is 0. The van der Waals surface area contributed by atoms with E-state index in [9.17, 15) is 14.7 Å². The second-order valence-electron chi connectivity index (χ2n) is 4.30. The highest BCUT2D eigenvalue weighted by molar-refractivity contribution is 9.10. The highest BCUT2D eigenvalue weighted by Gasteiger charge is 2.20. The summed E-state index contributed by atoms with van der Waals surface area (Å²) in [4.78, 5) is 23.2. The Hall–Kier alpha value is -2.18. The van der Waals surface area contributed by atoms with Gasteiger partial charge in [0.1, 0.15) is 0 Å². The van der Waals surface area contributed by atoms with E-state index in [0.717, 1.165) is 0 Å². The summed E-state index contributed by atoms with van der Waals surface area (Å²) in [6.45, 7) is 0. The van der Waals surface area contributed by atoms with Crippen LogP contribution < -0.4 is 5.32 Å². The van der Waals surface area contributed by atoms with Crippen molar-refractivity contribution in [3.63, 3.8) is 0 Å². The van der Waals surface area contributed by atoms with Crippen molar-refractivity contribution < 1.29 is 19.8 Å². The van der Waals surface area contributed by atoms with Gasteiger partial charge in [0.25, 0.3) is 5.91 Å². The second-order valence-corrected chi connectivity index (χ2v) is 5.21. The van der Waals surface area contributed by atoms with Gasteiger partial charge in [-0.15, -0.1) is 0 Å². The number of aliphatic hydroxyl groups is 1. The molecule has 0 aliphatic carbocycles. The predicted octanol–water partition coefficient (Wildman–Crippen LogP) is 2.82. The molecule has 1 unspecified atom stereocenters. The molecule has 1 amide bonds. The Morgan fingerprint density at radius 3 is 2.38 bits per heavy atom. The van der Waals surface area contributed by atoms with Crippen molar-refractivity contribution in [1.82, 2.24) is 0 Å². The van der Waals surface area contributed by atoms with Crippen molar-refractivity contribution in [3.8, 4) is 0 Å². The van der Waals surface area contributed by atoms with Crippen LogP contribution in [0.2, 0.25) is 0 Å². The van der Waals surface area contributed by atoms with Gasteiger partial charge in [-0.3, -0.25) is 4.79 Å². The zero-order valence-electron chi connectivity index (χ0n) is 10.8. The molecule has 2 rings (SSSR count). The normalized spacial score (nSPS) is 11.7. The number of hydrogen-bond donors (Lipinski definition) is 3. The van der Waals surface area contributed by atoms with Gasteiger partial charge in [-0.25, -0.2) is 4.79 Å². The predicted molar refractivity (Wildman–Crippen MR) is 81.1 cm³/mol. The van der Waals surface area contributed by atoms with Crippen molar-refractivity contribution >= 4 is 33.5 Å². The number of anilines is 1. The van der Waals surface area contributed by atoms with E-state index >= 15 is 0 Å². The van der Waals surface area contributed by atoms with Crippen molar-refractivity contribution in [2.24, 2.45) is 0 Å². The van der Waals surface area contributed by atoms with Crippen LogP contribution in [0.15, 0.2) is 53.0 Å². The molecular weight excluding hydrogens is 338 g/mol. The third kappa shape index (κ3) is 3.68. The van der Waals surface area contributed by atoms with Crippen LogP contribution in [0.1, 0.15) is 22.0 Å². The van der Waals surface area contributed by atoms with Gasteiger partial charge < -0.3 is 15.5 Å². The average Bonchev–Trinajstić information content (AvgIpc) is 2.47. The number of carboxylic acid groups (broad SMARTS) is 1. The van der Waals surface area contributed by atoms with Crippen LogP contribution in [-0.4, -0.2) is 22.1 Å². The summed E-state index contributed by atoms with van der Waals surface area (Å²) in [6.07, 6.45) is -1.37. The van der Waals surface area contributed by atoms with E-state index in [1.165, 1.54) is 12.1 Å². The summed E-state index contributed by atoms with van der Waals surface area (Å²) in [5.74, 6) is -1.85. The number of halogens is 1. The van der Waals surface area contributed by atoms with Gasteiger partial charge in [-0.05, 0) is 23.8 Å². The van der Waals surface area contributed by atoms with Crippen LogP contribution in [0.25, 0.3) is 0 Å². The molecule has 5 nitrogen and oxygen atoms in total. The molecule has 0 radical (unpaired) electrons. The van der Waals surface area contributed by atoms with E-state index in [2.05, 4.69) is 21.2 Å². The van der Waals surface area contributed by atoms with Gasteiger partial charge in [0.2, 0.25) is 0 Å². The van der Waals surface area contributed by atoms with Crippen LogP contribution in [0.4, 0.5) is 5.69 Å². The Bertz CT molecular complexity index is 673. The highest BCUT2D eigenvalue weighted by atomic mass is 79.9. The molecule has 2 aromatic rings. The molecule has 0 fully saturated rings. The smallest absolute Gasteiger partial charge is 0.337 e. The minimum Gasteiger partial charge on any atom is -0.478 e. The van der Waals surface area contributed by atoms with Crippen LogP contribution in [-0.2, 0) is 4.79 Å². The molecule has 2 aromatic carbocycles. The molecule has 6 heteroatoms. The number of benzene rings is 2. The number of carboxylic acids is 1. The SMILES string of the molecule is O=C(O)c1ccc(Br)cc1NC(=O)C(O)c1ccccc1. The number of amides is 1. The van der Waals surface area contributed by atoms with E-state index < -0.39 is 18.0 Å². The maximum Gasteiger partial charge on any atom is 0.337 e. The molecular formula is C15H12BrNO4. The zero-order chi connectivity index (χ0) is 15.4. The molecule has 0 saturated heterocycles. The highest BCUT2D eigenvalue weighted by Crippen LogP contribution is 2.23. The third-order valence-electron chi connectivity index (χ3n) is 2.83. The van der Waals surface area contributed by atoms with Crippen molar-refractivity contribution in [2.45, 2.75) is 6.10 Å². The summed E-state index contributed by atoms with van der Waals surface area (Å²) in [6, 6.07) is 12.8. The number of aliphatic hydroxyl groups excluding tert-OH is 1. The van der Waals surface area contributed by atoms with Crippen molar-refractivity contribution in [1.29, 1.82) is 0 Å². The molecule has 1 atom stereocenters. The van der Waals surface area contributed by atoms with E-state index in [1.54, 1.807) is 36.4 Å². The number of rotatable bonds is 4. The lowest BCUT2D eigenvalue weighted by atomic mass is 10.1. The summed E-state index contributed by atoms with van der Waals surface area (Å²) < 4.78 is 0.622. The molecule has 0 heterocycles. The maximum atomic E-state index is 12.0. The molecule has 0 aromatic heterocycles. The van der Waals surface area contributed by atoms with Gasteiger partial charge in [0.15, 0.2) is 6.10 Å². The number of aromatic carboxylic acids is 1.